The van der Waals surface area contributed by atoms with E-state index in [0.717, 1.165) is 30.0 Å². The number of rotatable bonds is 4. The summed E-state index contributed by atoms with van der Waals surface area (Å²) < 4.78 is 0. The van der Waals surface area contributed by atoms with E-state index in [2.05, 4.69) is 19.2 Å². The quantitative estimate of drug-likeness (QED) is 0.894. The maximum atomic E-state index is 12.3. The van der Waals surface area contributed by atoms with Gasteiger partial charge in [-0.3, -0.25) is 0 Å². The van der Waals surface area contributed by atoms with Gasteiger partial charge in [0.1, 0.15) is 0 Å². The molecular weight excluding hydrogens is 300 g/mol. The SMILES string of the molecule is CC(C)(CNC(=O)N1CCC[C@H](CO)C1)c1ccccc1Cl. The molecule has 0 bridgehead atoms. The molecule has 0 aromatic heterocycles. The van der Waals surface area contributed by atoms with Crippen LogP contribution in [0.5, 0.6) is 0 Å². The van der Waals surface area contributed by atoms with Crippen LogP contribution in [0, 0.1) is 5.92 Å². The predicted molar refractivity (Wildman–Crippen MR) is 89.3 cm³/mol. The zero-order valence-electron chi connectivity index (χ0n) is 13.3. The van der Waals surface area contributed by atoms with E-state index in [1.165, 1.54) is 0 Å². The van der Waals surface area contributed by atoms with Crippen LogP contribution in [-0.4, -0.2) is 42.3 Å². The molecule has 2 rings (SSSR count). The molecule has 0 spiro atoms. The van der Waals surface area contributed by atoms with Crippen LogP contribution in [-0.2, 0) is 5.41 Å². The van der Waals surface area contributed by atoms with E-state index < -0.39 is 0 Å². The van der Waals surface area contributed by atoms with Crippen molar-refractivity contribution < 1.29 is 9.90 Å². The Bertz CT molecular complexity index is 519. The summed E-state index contributed by atoms with van der Waals surface area (Å²) in [7, 11) is 0. The van der Waals surface area contributed by atoms with Crippen LogP contribution in [0.15, 0.2) is 24.3 Å². The van der Waals surface area contributed by atoms with Gasteiger partial charge in [0.2, 0.25) is 0 Å². The second-order valence-corrected chi connectivity index (χ2v) is 7.07. The third kappa shape index (κ3) is 4.14. The Hall–Kier alpha value is -1.26. The molecule has 1 aromatic carbocycles. The summed E-state index contributed by atoms with van der Waals surface area (Å²) in [6.45, 7) is 6.21. The number of aliphatic hydroxyl groups is 1. The van der Waals surface area contributed by atoms with Crippen molar-refractivity contribution in [2.45, 2.75) is 32.1 Å². The molecule has 0 saturated carbocycles. The van der Waals surface area contributed by atoms with Gasteiger partial charge in [-0.15, -0.1) is 0 Å². The molecule has 5 heteroatoms. The third-order valence-electron chi connectivity index (χ3n) is 4.35. The molecule has 0 radical (unpaired) electrons. The van der Waals surface area contributed by atoms with E-state index in [-0.39, 0.29) is 24.0 Å². The van der Waals surface area contributed by atoms with Crippen molar-refractivity contribution in [3.63, 3.8) is 0 Å². The van der Waals surface area contributed by atoms with Gasteiger partial charge in [-0.25, -0.2) is 4.79 Å². The summed E-state index contributed by atoms with van der Waals surface area (Å²) in [4.78, 5) is 14.1. The summed E-state index contributed by atoms with van der Waals surface area (Å²) >= 11 is 6.26. The van der Waals surface area contributed by atoms with Crippen molar-refractivity contribution >= 4 is 17.6 Å². The molecule has 1 saturated heterocycles. The number of benzene rings is 1. The minimum Gasteiger partial charge on any atom is -0.396 e. The van der Waals surface area contributed by atoms with Gasteiger partial charge in [0.25, 0.3) is 0 Å². The minimum absolute atomic E-state index is 0.0571. The summed E-state index contributed by atoms with van der Waals surface area (Å²) in [5, 5.41) is 13.0. The fraction of sp³-hybridized carbons (Fsp3) is 0.588. The first kappa shape index (κ1) is 17.1. The first-order valence-corrected chi connectivity index (χ1v) is 8.20. The first-order chi connectivity index (χ1) is 10.4. The molecule has 4 nitrogen and oxygen atoms in total. The number of nitrogens with zero attached hydrogens (tertiary/aromatic N) is 1. The van der Waals surface area contributed by atoms with Crippen LogP contribution in [0.4, 0.5) is 4.79 Å². The van der Waals surface area contributed by atoms with Crippen molar-refractivity contribution in [2.24, 2.45) is 5.92 Å². The number of carbonyl (C=O) groups is 1. The standard InChI is InChI=1S/C17H25ClN2O2/c1-17(2,14-7-3-4-8-15(14)18)12-19-16(22)20-9-5-6-13(10-20)11-21/h3-4,7-8,13,21H,5-6,9-12H2,1-2H3,(H,19,22)/t13-/m0/s1. The Balaban J connectivity index is 1.94. The van der Waals surface area contributed by atoms with Crippen molar-refractivity contribution in [3.05, 3.63) is 34.9 Å². The molecule has 1 aliphatic heterocycles. The van der Waals surface area contributed by atoms with Gasteiger partial charge in [0.05, 0.1) is 0 Å². The zero-order chi connectivity index (χ0) is 16.2. The van der Waals surface area contributed by atoms with Gasteiger partial charge in [-0.2, -0.15) is 0 Å². The van der Waals surface area contributed by atoms with Crippen LogP contribution in [0.3, 0.4) is 0 Å². The molecule has 2 amide bonds. The van der Waals surface area contributed by atoms with Gasteiger partial charge in [0.15, 0.2) is 0 Å². The average molecular weight is 325 g/mol. The Labute approximate surface area is 137 Å². The van der Waals surface area contributed by atoms with Gasteiger partial charge >= 0.3 is 6.03 Å². The van der Waals surface area contributed by atoms with E-state index in [1.54, 1.807) is 4.90 Å². The van der Waals surface area contributed by atoms with Gasteiger partial charge < -0.3 is 15.3 Å². The lowest BCUT2D eigenvalue weighted by atomic mass is 9.84. The molecule has 1 atom stereocenters. The summed E-state index contributed by atoms with van der Waals surface area (Å²) in [5.74, 6) is 0.205. The topological polar surface area (TPSA) is 52.6 Å². The molecule has 1 heterocycles. The third-order valence-corrected chi connectivity index (χ3v) is 4.68. The van der Waals surface area contributed by atoms with E-state index >= 15 is 0 Å². The maximum absolute atomic E-state index is 12.3. The number of halogens is 1. The van der Waals surface area contributed by atoms with E-state index in [0.29, 0.717) is 13.1 Å². The normalized spacial score (nSPS) is 19.1. The monoisotopic (exact) mass is 324 g/mol. The minimum atomic E-state index is -0.236. The fourth-order valence-corrected chi connectivity index (χ4v) is 3.30. The highest BCUT2D eigenvalue weighted by atomic mass is 35.5. The number of amides is 2. The van der Waals surface area contributed by atoms with Crippen molar-refractivity contribution in [1.29, 1.82) is 0 Å². The van der Waals surface area contributed by atoms with Crippen molar-refractivity contribution in [2.75, 3.05) is 26.2 Å². The van der Waals surface area contributed by atoms with Crippen LogP contribution in [0.1, 0.15) is 32.3 Å². The number of hydrogen-bond acceptors (Lipinski definition) is 2. The average Bonchev–Trinajstić information content (AvgIpc) is 2.53. The Morgan fingerprint density at radius 3 is 2.86 bits per heavy atom. The number of piperidine rings is 1. The molecule has 1 fully saturated rings. The predicted octanol–water partition coefficient (Wildman–Crippen LogP) is 3.03. The second-order valence-electron chi connectivity index (χ2n) is 6.66. The van der Waals surface area contributed by atoms with Crippen LogP contribution >= 0.6 is 11.6 Å². The summed E-state index contributed by atoms with van der Waals surface area (Å²) in [6.07, 6.45) is 1.94. The highest BCUT2D eigenvalue weighted by Crippen LogP contribution is 2.29. The maximum Gasteiger partial charge on any atom is 0.317 e. The molecule has 22 heavy (non-hydrogen) atoms. The number of urea groups is 1. The number of likely N-dealkylation sites (tertiary alicyclic amines) is 1. The molecular formula is C17H25ClN2O2. The van der Waals surface area contributed by atoms with Gasteiger partial charge in [0, 0.05) is 36.7 Å². The van der Waals surface area contributed by atoms with E-state index in [4.69, 9.17) is 11.6 Å². The number of carbonyl (C=O) groups excluding carboxylic acids is 1. The molecule has 1 aromatic rings. The van der Waals surface area contributed by atoms with E-state index in [1.807, 2.05) is 24.3 Å². The van der Waals surface area contributed by atoms with Crippen LogP contribution in [0.2, 0.25) is 5.02 Å². The van der Waals surface area contributed by atoms with Crippen LogP contribution in [0.25, 0.3) is 0 Å². The Morgan fingerprint density at radius 1 is 1.45 bits per heavy atom. The Kier molecular flexibility index (Phi) is 5.70. The first-order valence-electron chi connectivity index (χ1n) is 7.82. The highest BCUT2D eigenvalue weighted by Gasteiger charge is 2.27. The smallest absolute Gasteiger partial charge is 0.317 e. The number of aliphatic hydroxyl groups excluding tert-OH is 1. The highest BCUT2D eigenvalue weighted by molar-refractivity contribution is 6.31. The van der Waals surface area contributed by atoms with Crippen molar-refractivity contribution in [3.8, 4) is 0 Å². The number of hydrogen-bond donors (Lipinski definition) is 2. The fourth-order valence-electron chi connectivity index (χ4n) is 2.91. The Morgan fingerprint density at radius 2 is 2.18 bits per heavy atom. The van der Waals surface area contributed by atoms with Crippen LogP contribution < -0.4 is 5.32 Å². The largest absolute Gasteiger partial charge is 0.396 e. The second kappa shape index (κ2) is 7.34. The molecule has 122 valence electrons. The lowest BCUT2D eigenvalue weighted by Gasteiger charge is -2.33. The molecule has 1 aliphatic rings. The van der Waals surface area contributed by atoms with Gasteiger partial charge in [-0.05, 0) is 30.4 Å². The summed E-state index contributed by atoms with van der Waals surface area (Å²) in [5.41, 5.74) is 0.795. The number of nitrogens with one attached hydrogen (secondary N) is 1. The van der Waals surface area contributed by atoms with Crippen molar-refractivity contribution in [1.82, 2.24) is 10.2 Å². The molecule has 0 unspecified atom stereocenters. The lowest BCUT2D eigenvalue weighted by molar-refractivity contribution is 0.129. The summed E-state index contributed by atoms with van der Waals surface area (Å²) in [6, 6.07) is 7.68. The molecule has 2 N–H and O–H groups in total. The zero-order valence-corrected chi connectivity index (χ0v) is 14.1. The molecule has 0 aliphatic carbocycles. The van der Waals surface area contributed by atoms with Gasteiger partial charge in [-0.1, -0.05) is 43.6 Å². The lowest BCUT2D eigenvalue weighted by Crippen LogP contribution is -2.48. The van der Waals surface area contributed by atoms with E-state index in [9.17, 15) is 9.90 Å².